The maximum absolute atomic E-state index is 12.6. The number of unbranched alkanes of at least 4 members (excludes halogenated alkanes) is 2. The molecule has 0 unspecified atom stereocenters. The molecule has 0 aliphatic carbocycles. The molecule has 0 aliphatic rings. The first-order valence-electron chi connectivity index (χ1n) is 9.49. The van der Waals surface area contributed by atoms with Gasteiger partial charge in [0, 0.05) is 24.2 Å². The van der Waals surface area contributed by atoms with Crippen molar-refractivity contribution in [2.24, 2.45) is 0 Å². The van der Waals surface area contributed by atoms with Crippen molar-refractivity contribution >= 4 is 39.6 Å². The van der Waals surface area contributed by atoms with Crippen LogP contribution in [-0.2, 0) is 9.59 Å². The lowest BCUT2D eigenvalue weighted by Crippen LogP contribution is -2.81. The third-order valence-electron chi connectivity index (χ3n) is 4.12. The summed E-state index contributed by atoms with van der Waals surface area (Å²) in [5, 5.41) is 10.9. The average Bonchev–Trinajstić information content (AvgIpc) is 2.68. The first-order valence-corrected chi connectivity index (χ1v) is 11.1. The molecule has 0 aromatic heterocycles. The van der Waals surface area contributed by atoms with E-state index in [1.54, 1.807) is 13.0 Å². The third kappa shape index (κ3) is 10.3. The zero-order chi connectivity index (χ0) is 20.7. The van der Waals surface area contributed by atoms with Gasteiger partial charge < -0.3 is 15.3 Å². The van der Waals surface area contributed by atoms with Crippen molar-refractivity contribution in [3.8, 4) is 0 Å². The van der Waals surface area contributed by atoms with Crippen LogP contribution >= 0.6 is 15.9 Å². The predicted octanol–water partition coefficient (Wildman–Crippen LogP) is 3.81. The Bertz CT molecular complexity index is 595. The molecule has 1 rings (SSSR count). The average molecular weight is 442 g/mol. The SMILES string of the molecule is CBr.CCCCN(CCCC)C(=O)C[NH2+]c1ccccc1/C=C(\C)C(=O)O. The Labute approximate surface area is 172 Å². The smallest absolute Gasteiger partial charge is 0.331 e. The second kappa shape index (κ2) is 15.4. The van der Waals surface area contributed by atoms with Gasteiger partial charge in [-0.25, -0.2) is 4.79 Å². The van der Waals surface area contributed by atoms with Crippen LogP contribution in [0, 0.1) is 0 Å². The number of rotatable bonds is 11. The molecule has 3 N–H and O–H groups in total. The van der Waals surface area contributed by atoms with Crippen LogP contribution in [0.2, 0.25) is 0 Å². The number of halogens is 1. The monoisotopic (exact) mass is 441 g/mol. The highest BCUT2D eigenvalue weighted by atomic mass is 79.9. The number of hydrogen-bond donors (Lipinski definition) is 2. The van der Waals surface area contributed by atoms with Gasteiger partial charge in [-0.15, -0.1) is 0 Å². The van der Waals surface area contributed by atoms with Crippen molar-refractivity contribution in [3.05, 3.63) is 35.4 Å². The van der Waals surface area contributed by atoms with Crippen molar-refractivity contribution in [1.29, 1.82) is 0 Å². The van der Waals surface area contributed by atoms with Crippen molar-refractivity contribution in [2.45, 2.75) is 46.5 Å². The molecule has 0 heterocycles. The molecule has 0 fully saturated rings. The Morgan fingerprint density at radius 2 is 1.67 bits per heavy atom. The highest BCUT2D eigenvalue weighted by Gasteiger charge is 2.15. The first kappa shape index (κ1) is 25.3. The Morgan fingerprint density at radius 3 is 2.19 bits per heavy atom. The molecular weight excluding hydrogens is 408 g/mol. The van der Waals surface area contributed by atoms with E-state index in [1.165, 1.54) is 0 Å². The maximum Gasteiger partial charge on any atom is 0.331 e. The van der Waals surface area contributed by atoms with Gasteiger partial charge in [-0.05, 0) is 43.8 Å². The van der Waals surface area contributed by atoms with Gasteiger partial charge in [0.2, 0.25) is 0 Å². The maximum atomic E-state index is 12.6. The van der Waals surface area contributed by atoms with Gasteiger partial charge in [-0.3, -0.25) is 4.79 Å². The van der Waals surface area contributed by atoms with E-state index in [0.29, 0.717) is 6.54 Å². The van der Waals surface area contributed by atoms with E-state index in [4.69, 9.17) is 5.11 Å². The van der Waals surface area contributed by atoms with Crippen LogP contribution in [0.5, 0.6) is 0 Å². The van der Waals surface area contributed by atoms with Crippen LogP contribution in [0.25, 0.3) is 6.08 Å². The second-order valence-electron chi connectivity index (χ2n) is 6.26. The van der Waals surface area contributed by atoms with Gasteiger partial charge in [-0.2, -0.15) is 0 Å². The zero-order valence-corrected chi connectivity index (χ0v) is 18.6. The fourth-order valence-corrected chi connectivity index (χ4v) is 2.51. The lowest BCUT2D eigenvalue weighted by Gasteiger charge is -2.21. The van der Waals surface area contributed by atoms with E-state index >= 15 is 0 Å². The summed E-state index contributed by atoms with van der Waals surface area (Å²) in [6.07, 6.45) is 5.83. The third-order valence-corrected chi connectivity index (χ3v) is 4.12. The van der Waals surface area contributed by atoms with E-state index in [1.807, 2.05) is 40.3 Å². The number of amides is 1. The number of alkyl halides is 1. The molecule has 27 heavy (non-hydrogen) atoms. The molecule has 0 spiro atoms. The number of hydrogen-bond acceptors (Lipinski definition) is 2. The van der Waals surface area contributed by atoms with Gasteiger partial charge >= 0.3 is 5.97 Å². The van der Waals surface area contributed by atoms with E-state index in [-0.39, 0.29) is 11.5 Å². The molecule has 0 saturated carbocycles. The van der Waals surface area contributed by atoms with Gasteiger partial charge in [0.1, 0.15) is 5.69 Å². The summed E-state index contributed by atoms with van der Waals surface area (Å²) in [4.78, 5) is 25.5. The Hall–Kier alpha value is -1.66. The summed E-state index contributed by atoms with van der Waals surface area (Å²) in [7, 11) is 0. The normalized spacial score (nSPS) is 10.8. The summed E-state index contributed by atoms with van der Waals surface area (Å²) in [6.45, 7) is 7.78. The van der Waals surface area contributed by atoms with E-state index in [9.17, 15) is 9.59 Å². The standard InChI is InChI=1S/C20H30N2O3.CH3Br/c1-4-6-12-22(13-7-5-2)19(23)15-21-18-11-9-8-10-17(18)14-16(3)20(24)25;1-2/h8-11,14,21H,4-7,12-13,15H2,1-3H3,(H,24,25);1H3/p+1/b16-14+;. The van der Waals surface area contributed by atoms with Crippen molar-refractivity contribution in [2.75, 3.05) is 25.5 Å². The number of quaternary nitrogens is 1. The number of nitrogens with zero attached hydrogens (tertiary/aromatic N) is 1. The number of carboxylic acids is 1. The number of para-hydroxylation sites is 1. The lowest BCUT2D eigenvalue weighted by atomic mass is 10.1. The molecule has 0 radical (unpaired) electrons. The Morgan fingerprint density at radius 1 is 1.11 bits per heavy atom. The number of nitrogens with two attached hydrogens (primary N) is 1. The van der Waals surface area contributed by atoms with E-state index in [2.05, 4.69) is 29.8 Å². The molecule has 1 amide bonds. The van der Waals surface area contributed by atoms with Crippen molar-refractivity contribution < 1.29 is 20.0 Å². The van der Waals surface area contributed by atoms with Crippen LogP contribution in [0.3, 0.4) is 0 Å². The second-order valence-corrected chi connectivity index (χ2v) is 6.26. The van der Waals surface area contributed by atoms with Crippen LogP contribution in [-0.4, -0.2) is 47.4 Å². The molecule has 1 aromatic carbocycles. The minimum absolute atomic E-state index is 0.135. The highest BCUT2D eigenvalue weighted by molar-refractivity contribution is 9.08. The van der Waals surface area contributed by atoms with Crippen molar-refractivity contribution in [1.82, 2.24) is 4.90 Å². The molecule has 152 valence electrons. The van der Waals surface area contributed by atoms with Crippen LogP contribution < -0.4 is 5.32 Å². The minimum atomic E-state index is -0.934. The quantitative estimate of drug-likeness (QED) is 0.311. The van der Waals surface area contributed by atoms with Crippen LogP contribution in [0.4, 0.5) is 5.69 Å². The molecule has 0 atom stereocenters. The zero-order valence-electron chi connectivity index (χ0n) is 17.0. The van der Waals surface area contributed by atoms with Gasteiger partial charge in [0.15, 0.2) is 6.54 Å². The minimum Gasteiger partial charge on any atom is -0.478 e. The van der Waals surface area contributed by atoms with Crippen LogP contribution in [0.1, 0.15) is 52.0 Å². The predicted molar refractivity (Wildman–Crippen MR) is 115 cm³/mol. The summed E-state index contributed by atoms with van der Waals surface area (Å²) in [5.74, 6) is 1.01. The summed E-state index contributed by atoms with van der Waals surface area (Å²) < 4.78 is 0. The molecule has 6 heteroatoms. The largest absolute Gasteiger partial charge is 0.478 e. The highest BCUT2D eigenvalue weighted by Crippen LogP contribution is 2.14. The van der Waals surface area contributed by atoms with E-state index < -0.39 is 5.97 Å². The summed E-state index contributed by atoms with van der Waals surface area (Å²) in [5.41, 5.74) is 1.99. The fraction of sp³-hybridized carbons (Fsp3) is 0.524. The molecule has 0 aliphatic heterocycles. The molecule has 5 nitrogen and oxygen atoms in total. The Balaban J connectivity index is 0.00000326. The topological polar surface area (TPSA) is 74.2 Å². The van der Waals surface area contributed by atoms with Crippen molar-refractivity contribution in [3.63, 3.8) is 0 Å². The number of aliphatic carboxylic acids is 1. The fourth-order valence-electron chi connectivity index (χ4n) is 2.51. The lowest BCUT2D eigenvalue weighted by molar-refractivity contribution is -0.560. The molecule has 0 saturated heterocycles. The molecule has 0 bridgehead atoms. The summed E-state index contributed by atoms with van der Waals surface area (Å²) >= 11 is 2.94. The number of carbonyl (C=O) groups is 2. The number of carbonyl (C=O) groups excluding carboxylic acids is 1. The van der Waals surface area contributed by atoms with E-state index in [0.717, 1.165) is 50.0 Å². The van der Waals surface area contributed by atoms with Crippen LogP contribution in [0.15, 0.2) is 29.8 Å². The number of carboxylic acid groups (broad SMARTS) is 1. The molecule has 1 aromatic rings. The summed E-state index contributed by atoms with van der Waals surface area (Å²) in [6, 6.07) is 7.55. The molecular formula is C21H34BrN2O3+. The first-order chi connectivity index (χ1) is 13.0. The van der Waals surface area contributed by atoms with Gasteiger partial charge in [0.05, 0.1) is 0 Å². The van der Waals surface area contributed by atoms with Gasteiger partial charge in [0.25, 0.3) is 5.91 Å². The Kier molecular flexibility index (Phi) is 14.5. The number of benzene rings is 1. The van der Waals surface area contributed by atoms with Gasteiger partial charge in [-0.1, -0.05) is 54.8 Å².